The van der Waals surface area contributed by atoms with Gasteiger partial charge in [-0.25, -0.2) is 9.59 Å². The summed E-state index contributed by atoms with van der Waals surface area (Å²) in [4.78, 5) is 43.6. The predicted octanol–water partition coefficient (Wildman–Crippen LogP) is 8.51. The monoisotopic (exact) mass is 732 g/mol. The maximum absolute atomic E-state index is 14.2. The minimum atomic E-state index is -0.669. The molecule has 0 fully saturated rings. The van der Waals surface area contributed by atoms with E-state index >= 15 is 0 Å². The molecular formula is C37H40N4O6S3. The molecule has 4 aromatic rings. The maximum atomic E-state index is 14.2. The summed E-state index contributed by atoms with van der Waals surface area (Å²) in [6, 6.07) is 24.6. The predicted molar refractivity (Wildman–Crippen MR) is 204 cm³/mol. The number of amides is 2. The Morgan fingerprint density at radius 1 is 0.980 bits per heavy atom. The van der Waals surface area contributed by atoms with E-state index in [1.165, 1.54) is 23.1 Å². The van der Waals surface area contributed by atoms with Crippen LogP contribution in [0.5, 0.6) is 5.75 Å². The molecule has 3 aromatic carbocycles. The molecule has 50 heavy (non-hydrogen) atoms. The molecule has 1 aromatic heterocycles. The first-order valence-electron chi connectivity index (χ1n) is 16.1. The molecule has 1 aliphatic rings. The molecule has 1 aliphatic heterocycles. The van der Waals surface area contributed by atoms with E-state index in [9.17, 15) is 14.4 Å². The topological polar surface area (TPSA) is 118 Å². The van der Waals surface area contributed by atoms with Crippen LogP contribution < -0.4 is 20.7 Å². The Morgan fingerprint density at radius 2 is 1.72 bits per heavy atom. The van der Waals surface area contributed by atoms with Crippen molar-refractivity contribution in [2.75, 3.05) is 36.2 Å². The normalized spacial score (nSPS) is 13.0. The largest absolute Gasteiger partial charge is 0.495 e. The van der Waals surface area contributed by atoms with Crippen LogP contribution in [0.3, 0.4) is 0 Å². The molecule has 13 heteroatoms. The summed E-state index contributed by atoms with van der Waals surface area (Å²) < 4.78 is 16.4. The molecular weight excluding hydrogens is 693 g/mol. The molecule has 10 nitrogen and oxygen atoms in total. The SMILES string of the molecule is CCOC(=O)c1c(NC(=O)C(Sc2cccc(NC(=S)Nc3ccccc3OC)c2)c2ccccc2)sc2c1CCN(C(=O)OC(C)(C)C)C2. The van der Waals surface area contributed by atoms with Gasteiger partial charge in [0.1, 0.15) is 21.6 Å². The number of anilines is 3. The number of thiophene rings is 1. The smallest absolute Gasteiger partial charge is 0.410 e. The first kappa shape index (κ1) is 36.7. The van der Waals surface area contributed by atoms with E-state index in [0.717, 1.165) is 32.3 Å². The fourth-order valence-electron chi connectivity index (χ4n) is 5.29. The lowest BCUT2D eigenvalue weighted by atomic mass is 10.0. The molecule has 262 valence electrons. The molecule has 2 heterocycles. The Morgan fingerprint density at radius 3 is 2.44 bits per heavy atom. The zero-order valence-electron chi connectivity index (χ0n) is 28.5. The summed E-state index contributed by atoms with van der Waals surface area (Å²) in [6.45, 7) is 8.03. The highest BCUT2D eigenvalue weighted by molar-refractivity contribution is 8.00. The van der Waals surface area contributed by atoms with Crippen molar-refractivity contribution >= 4 is 74.8 Å². The van der Waals surface area contributed by atoms with Crippen LogP contribution in [0.15, 0.2) is 83.8 Å². The Hall–Kier alpha value is -4.59. The summed E-state index contributed by atoms with van der Waals surface area (Å²) in [6.07, 6.45) is 0.00732. The molecule has 2 amide bonds. The van der Waals surface area contributed by atoms with Crippen molar-refractivity contribution in [3.05, 3.63) is 100 Å². The van der Waals surface area contributed by atoms with Crippen LogP contribution in [0.2, 0.25) is 0 Å². The summed E-state index contributed by atoms with van der Waals surface area (Å²) in [5.41, 5.74) is 2.73. The molecule has 5 rings (SSSR count). The molecule has 1 unspecified atom stereocenters. The zero-order chi connectivity index (χ0) is 35.8. The lowest BCUT2D eigenvalue weighted by Crippen LogP contribution is -2.39. The lowest BCUT2D eigenvalue weighted by Gasteiger charge is -2.30. The van der Waals surface area contributed by atoms with Gasteiger partial charge in [-0.1, -0.05) is 48.5 Å². The quantitative estimate of drug-likeness (QED) is 0.0832. The summed E-state index contributed by atoms with van der Waals surface area (Å²) in [5.74, 6) is -0.150. The fourth-order valence-corrected chi connectivity index (χ4v) is 7.85. The van der Waals surface area contributed by atoms with Gasteiger partial charge in [0, 0.05) is 22.0 Å². The van der Waals surface area contributed by atoms with Crippen LogP contribution in [0.4, 0.5) is 21.2 Å². The van der Waals surface area contributed by atoms with Gasteiger partial charge in [-0.2, -0.15) is 0 Å². The number of thiocarbonyl (C=S) groups is 1. The van der Waals surface area contributed by atoms with Crippen LogP contribution in [0.25, 0.3) is 0 Å². The van der Waals surface area contributed by atoms with Gasteiger partial charge in [0.05, 0.1) is 31.5 Å². The van der Waals surface area contributed by atoms with Gasteiger partial charge < -0.3 is 35.1 Å². The van der Waals surface area contributed by atoms with Gasteiger partial charge in [-0.05, 0) is 87.8 Å². The number of ether oxygens (including phenoxy) is 3. The molecule has 0 bridgehead atoms. The maximum Gasteiger partial charge on any atom is 0.410 e. The average molecular weight is 733 g/mol. The number of nitrogens with one attached hydrogen (secondary N) is 3. The minimum absolute atomic E-state index is 0.186. The van der Waals surface area contributed by atoms with Gasteiger partial charge in [0.25, 0.3) is 0 Å². The number of carbonyl (C=O) groups is 3. The summed E-state index contributed by atoms with van der Waals surface area (Å²) in [5, 5.41) is 9.54. The van der Waals surface area contributed by atoms with E-state index in [4.69, 9.17) is 26.4 Å². The number of rotatable bonds is 10. The van der Waals surface area contributed by atoms with Gasteiger partial charge >= 0.3 is 12.1 Å². The third-order valence-electron chi connectivity index (χ3n) is 7.47. The fraction of sp³-hybridized carbons (Fsp3) is 0.297. The second-order valence-electron chi connectivity index (χ2n) is 12.3. The first-order chi connectivity index (χ1) is 24.0. The third kappa shape index (κ3) is 9.34. The van der Waals surface area contributed by atoms with Gasteiger partial charge in [0.15, 0.2) is 5.11 Å². The van der Waals surface area contributed by atoms with E-state index in [2.05, 4.69) is 16.0 Å². The standard InChI is InChI=1S/C37H40N4O6S3/c1-6-46-34(43)30-26-19-20-41(36(44)47-37(2,3)4)22-29(26)50-33(30)40-32(42)31(23-13-8-7-9-14-23)49-25-16-12-15-24(21-25)38-35(48)39-27-17-10-11-18-28(27)45-5/h7-18,21,31H,6,19-20,22H2,1-5H3,(H,40,42)(H2,38,39,48). The lowest BCUT2D eigenvalue weighted by molar-refractivity contribution is -0.115. The molecule has 3 N–H and O–H groups in total. The number of fused-ring (bicyclic) bond motifs is 1. The van der Waals surface area contributed by atoms with Crippen molar-refractivity contribution in [2.45, 2.75) is 56.4 Å². The molecule has 0 saturated heterocycles. The number of para-hydroxylation sites is 2. The number of esters is 1. The van der Waals surface area contributed by atoms with E-state index in [-0.39, 0.29) is 19.1 Å². The Bertz CT molecular complexity index is 1860. The Labute approximate surface area is 305 Å². The number of carbonyl (C=O) groups excluding carboxylic acids is 3. The van der Waals surface area contributed by atoms with Crippen LogP contribution in [0, 0.1) is 0 Å². The molecule has 0 spiro atoms. The van der Waals surface area contributed by atoms with Crippen molar-refractivity contribution in [3.8, 4) is 5.75 Å². The molecule has 0 radical (unpaired) electrons. The molecule has 0 aliphatic carbocycles. The van der Waals surface area contributed by atoms with Crippen molar-refractivity contribution in [2.24, 2.45) is 0 Å². The number of hydrogen-bond donors (Lipinski definition) is 3. The van der Waals surface area contributed by atoms with Gasteiger partial charge in [-0.15, -0.1) is 23.1 Å². The van der Waals surface area contributed by atoms with Crippen molar-refractivity contribution in [1.82, 2.24) is 4.90 Å². The Kier molecular flexibility index (Phi) is 12.0. The number of benzene rings is 3. The second kappa shape index (κ2) is 16.4. The molecule has 0 saturated carbocycles. The minimum Gasteiger partial charge on any atom is -0.495 e. The van der Waals surface area contributed by atoms with Crippen LogP contribution in [-0.4, -0.2) is 53.8 Å². The average Bonchev–Trinajstić information content (AvgIpc) is 3.44. The Balaban J connectivity index is 1.37. The summed E-state index contributed by atoms with van der Waals surface area (Å²) >= 11 is 8.22. The van der Waals surface area contributed by atoms with E-state index in [0.29, 0.717) is 34.4 Å². The van der Waals surface area contributed by atoms with Crippen molar-refractivity contribution in [3.63, 3.8) is 0 Å². The number of hydrogen-bond acceptors (Lipinski definition) is 9. The number of thioether (sulfide) groups is 1. The van der Waals surface area contributed by atoms with Crippen LogP contribution in [-0.2, 0) is 27.2 Å². The van der Waals surface area contributed by atoms with Crippen molar-refractivity contribution in [1.29, 1.82) is 0 Å². The van der Waals surface area contributed by atoms with E-state index in [1.54, 1.807) is 18.9 Å². The highest BCUT2D eigenvalue weighted by Gasteiger charge is 2.34. The van der Waals surface area contributed by atoms with Gasteiger partial charge in [-0.3, -0.25) is 4.79 Å². The van der Waals surface area contributed by atoms with Gasteiger partial charge in [0.2, 0.25) is 5.91 Å². The summed E-state index contributed by atoms with van der Waals surface area (Å²) in [7, 11) is 1.60. The number of nitrogens with zero attached hydrogens (tertiary/aromatic N) is 1. The van der Waals surface area contributed by atoms with E-state index in [1.807, 2.05) is 99.6 Å². The zero-order valence-corrected chi connectivity index (χ0v) is 31.0. The third-order valence-corrected chi connectivity index (χ3v) is 10.1. The van der Waals surface area contributed by atoms with E-state index < -0.39 is 22.9 Å². The second-order valence-corrected chi connectivity index (χ2v) is 15.0. The van der Waals surface area contributed by atoms with Crippen LogP contribution >= 0.6 is 35.3 Å². The highest BCUT2D eigenvalue weighted by atomic mass is 32.2. The van der Waals surface area contributed by atoms with Crippen LogP contribution in [0.1, 0.15) is 59.3 Å². The van der Waals surface area contributed by atoms with Crippen molar-refractivity contribution < 1.29 is 28.6 Å². The first-order valence-corrected chi connectivity index (χ1v) is 18.2. The highest BCUT2D eigenvalue weighted by Crippen LogP contribution is 2.41. The number of methoxy groups -OCH3 is 1. The molecule has 1 atom stereocenters.